The molecule has 1 aliphatic rings. The molecule has 3 N–H and O–H groups in total. The van der Waals surface area contributed by atoms with E-state index in [4.69, 9.17) is 4.74 Å². The van der Waals surface area contributed by atoms with Crippen LogP contribution in [0.15, 0.2) is 22.7 Å². The van der Waals surface area contributed by atoms with E-state index in [1.165, 1.54) is 0 Å². The van der Waals surface area contributed by atoms with Crippen LogP contribution in [0.3, 0.4) is 0 Å². The molecule has 20 heavy (non-hydrogen) atoms. The van der Waals surface area contributed by atoms with Crippen LogP contribution in [0.2, 0.25) is 0 Å². The summed E-state index contributed by atoms with van der Waals surface area (Å²) in [5, 5.41) is 15.3. The van der Waals surface area contributed by atoms with E-state index in [2.05, 4.69) is 26.6 Å². The summed E-state index contributed by atoms with van der Waals surface area (Å²) in [7, 11) is 1.59. The Morgan fingerprint density at radius 1 is 1.50 bits per heavy atom. The zero-order chi connectivity index (χ0) is 14.5. The number of urea groups is 1. The number of ether oxygens (including phenoxy) is 1. The van der Waals surface area contributed by atoms with Crippen molar-refractivity contribution in [2.24, 2.45) is 5.92 Å². The van der Waals surface area contributed by atoms with Gasteiger partial charge in [0, 0.05) is 16.9 Å². The number of methoxy groups -OCH3 is 1. The van der Waals surface area contributed by atoms with E-state index in [0.717, 1.165) is 29.5 Å². The molecule has 0 aliphatic heterocycles. The zero-order valence-electron chi connectivity index (χ0n) is 11.4. The van der Waals surface area contributed by atoms with Crippen LogP contribution >= 0.6 is 15.9 Å². The maximum atomic E-state index is 11.8. The smallest absolute Gasteiger partial charge is 0.319 e. The molecular formula is C14H19BrN2O3. The lowest BCUT2D eigenvalue weighted by Gasteiger charge is -2.16. The number of carbonyl (C=O) groups excluding carboxylic acids is 1. The second-order valence-corrected chi connectivity index (χ2v) is 5.79. The summed E-state index contributed by atoms with van der Waals surface area (Å²) < 4.78 is 5.85. The molecule has 1 fully saturated rings. The molecule has 0 saturated heterocycles. The van der Waals surface area contributed by atoms with Gasteiger partial charge in [0.05, 0.1) is 18.9 Å². The lowest BCUT2D eigenvalue weighted by atomic mass is 10.1. The minimum atomic E-state index is -0.289. The molecule has 0 spiro atoms. The van der Waals surface area contributed by atoms with Gasteiger partial charge in [-0.3, -0.25) is 0 Å². The van der Waals surface area contributed by atoms with Gasteiger partial charge in [0.1, 0.15) is 5.75 Å². The van der Waals surface area contributed by atoms with E-state index in [1.807, 2.05) is 0 Å². The summed E-state index contributed by atoms with van der Waals surface area (Å²) in [5.41, 5.74) is 0.676. The average Bonchev–Trinajstić information content (AvgIpc) is 2.84. The number of aliphatic hydroxyl groups is 1. The monoisotopic (exact) mass is 342 g/mol. The van der Waals surface area contributed by atoms with Crippen LogP contribution in [0.25, 0.3) is 0 Å². The third-order valence-corrected chi connectivity index (χ3v) is 4.22. The van der Waals surface area contributed by atoms with Crippen molar-refractivity contribution in [1.29, 1.82) is 0 Å². The topological polar surface area (TPSA) is 70.6 Å². The van der Waals surface area contributed by atoms with Crippen molar-refractivity contribution in [3.63, 3.8) is 0 Å². The van der Waals surface area contributed by atoms with Crippen LogP contribution in [0.1, 0.15) is 19.3 Å². The molecule has 2 rings (SSSR count). The Bertz CT molecular complexity index is 481. The third-order valence-electron chi connectivity index (χ3n) is 3.57. The first-order valence-corrected chi connectivity index (χ1v) is 7.46. The van der Waals surface area contributed by atoms with E-state index in [1.54, 1.807) is 25.3 Å². The number of carbonyl (C=O) groups is 1. The SMILES string of the molecule is COc1ccc(NC(=O)NC[C@@H]2CCC[C@H]2O)c(Br)c1. The van der Waals surface area contributed by atoms with Gasteiger partial charge < -0.3 is 20.5 Å². The summed E-state index contributed by atoms with van der Waals surface area (Å²) in [6, 6.07) is 5.07. The molecule has 0 aromatic heterocycles. The van der Waals surface area contributed by atoms with E-state index in [-0.39, 0.29) is 18.1 Å². The number of nitrogens with one attached hydrogen (secondary N) is 2. The van der Waals surface area contributed by atoms with Crippen LogP contribution in [-0.2, 0) is 0 Å². The van der Waals surface area contributed by atoms with Crippen LogP contribution < -0.4 is 15.4 Å². The highest BCUT2D eigenvalue weighted by atomic mass is 79.9. The molecule has 1 aromatic carbocycles. The predicted octanol–water partition coefficient (Wildman–Crippen LogP) is 2.74. The summed E-state index contributed by atoms with van der Waals surface area (Å²) in [6.07, 6.45) is 2.54. The highest BCUT2D eigenvalue weighted by molar-refractivity contribution is 9.10. The fourth-order valence-electron chi connectivity index (χ4n) is 2.37. The van der Waals surface area contributed by atoms with E-state index >= 15 is 0 Å². The van der Waals surface area contributed by atoms with Crippen molar-refractivity contribution in [2.75, 3.05) is 19.0 Å². The number of anilines is 1. The third kappa shape index (κ3) is 3.86. The van der Waals surface area contributed by atoms with Crippen molar-refractivity contribution < 1.29 is 14.6 Å². The minimum absolute atomic E-state index is 0.167. The van der Waals surface area contributed by atoms with Crippen LogP contribution in [0.4, 0.5) is 10.5 Å². The molecule has 6 heteroatoms. The lowest BCUT2D eigenvalue weighted by molar-refractivity contribution is 0.133. The van der Waals surface area contributed by atoms with Crippen LogP contribution in [0, 0.1) is 5.92 Å². The van der Waals surface area contributed by atoms with Gasteiger partial charge in [0.2, 0.25) is 0 Å². The fraction of sp³-hybridized carbons (Fsp3) is 0.500. The lowest BCUT2D eigenvalue weighted by Crippen LogP contribution is -2.35. The quantitative estimate of drug-likeness (QED) is 0.787. The first-order chi connectivity index (χ1) is 9.60. The van der Waals surface area contributed by atoms with E-state index in [9.17, 15) is 9.90 Å². The van der Waals surface area contributed by atoms with Crippen LogP contribution in [0.5, 0.6) is 5.75 Å². The van der Waals surface area contributed by atoms with Gasteiger partial charge in [-0.05, 0) is 47.0 Å². The van der Waals surface area contributed by atoms with Gasteiger partial charge in [-0.25, -0.2) is 4.79 Å². The molecule has 1 saturated carbocycles. The normalized spacial score (nSPS) is 21.6. The summed E-state index contributed by atoms with van der Waals surface area (Å²) in [5.74, 6) is 0.886. The molecule has 0 unspecified atom stereocenters. The second kappa shape index (κ2) is 6.95. The Labute approximate surface area is 126 Å². The maximum Gasteiger partial charge on any atom is 0.319 e. The molecule has 0 radical (unpaired) electrons. The van der Waals surface area contributed by atoms with Crippen LogP contribution in [-0.4, -0.2) is 30.9 Å². The summed E-state index contributed by atoms with van der Waals surface area (Å²) in [4.78, 5) is 11.8. The molecule has 0 heterocycles. The number of rotatable bonds is 4. The zero-order valence-corrected chi connectivity index (χ0v) is 12.9. The summed E-state index contributed by atoms with van der Waals surface area (Å²) >= 11 is 3.38. The predicted molar refractivity (Wildman–Crippen MR) is 81.1 cm³/mol. The number of benzene rings is 1. The fourth-order valence-corrected chi connectivity index (χ4v) is 2.83. The minimum Gasteiger partial charge on any atom is -0.497 e. The van der Waals surface area contributed by atoms with Crippen molar-refractivity contribution >= 4 is 27.6 Å². The Morgan fingerprint density at radius 3 is 2.90 bits per heavy atom. The van der Waals surface area contributed by atoms with Gasteiger partial charge in [-0.1, -0.05) is 6.42 Å². The largest absolute Gasteiger partial charge is 0.497 e. The highest BCUT2D eigenvalue weighted by Gasteiger charge is 2.25. The second-order valence-electron chi connectivity index (χ2n) is 4.94. The Morgan fingerprint density at radius 2 is 2.30 bits per heavy atom. The molecule has 5 nitrogen and oxygen atoms in total. The Hall–Kier alpha value is -1.27. The first kappa shape index (κ1) is 15.1. The van der Waals surface area contributed by atoms with Crippen molar-refractivity contribution in [1.82, 2.24) is 5.32 Å². The molecule has 2 amide bonds. The van der Waals surface area contributed by atoms with E-state index in [0.29, 0.717) is 12.2 Å². The average molecular weight is 343 g/mol. The number of amides is 2. The highest BCUT2D eigenvalue weighted by Crippen LogP contribution is 2.27. The molecule has 2 atom stereocenters. The molecule has 110 valence electrons. The van der Waals surface area contributed by atoms with Gasteiger partial charge in [0.15, 0.2) is 0 Å². The maximum absolute atomic E-state index is 11.8. The van der Waals surface area contributed by atoms with Crippen molar-refractivity contribution in [3.8, 4) is 5.75 Å². The van der Waals surface area contributed by atoms with E-state index < -0.39 is 0 Å². The number of halogens is 1. The number of hydrogen-bond donors (Lipinski definition) is 3. The van der Waals surface area contributed by atoms with Gasteiger partial charge >= 0.3 is 6.03 Å². The van der Waals surface area contributed by atoms with Gasteiger partial charge in [-0.15, -0.1) is 0 Å². The Kier molecular flexibility index (Phi) is 5.25. The molecule has 1 aromatic rings. The van der Waals surface area contributed by atoms with Gasteiger partial charge in [0.25, 0.3) is 0 Å². The Balaban J connectivity index is 1.85. The number of aliphatic hydroxyl groups excluding tert-OH is 1. The molecule has 1 aliphatic carbocycles. The molecule has 0 bridgehead atoms. The van der Waals surface area contributed by atoms with Crippen molar-refractivity contribution in [2.45, 2.75) is 25.4 Å². The number of hydrogen-bond acceptors (Lipinski definition) is 3. The standard InChI is InChI=1S/C14H19BrN2O3/c1-20-10-5-6-12(11(15)7-10)17-14(19)16-8-9-3-2-4-13(9)18/h5-7,9,13,18H,2-4,8H2,1H3,(H2,16,17,19)/t9-,13+/m0/s1. The van der Waals surface area contributed by atoms with Crippen molar-refractivity contribution in [3.05, 3.63) is 22.7 Å². The summed E-state index contributed by atoms with van der Waals surface area (Å²) in [6.45, 7) is 0.501. The van der Waals surface area contributed by atoms with Gasteiger partial charge in [-0.2, -0.15) is 0 Å². The first-order valence-electron chi connectivity index (χ1n) is 6.66. The molecular weight excluding hydrogens is 324 g/mol.